The number of carbonyl (C=O) groups excluding carboxylic acids is 1. The molecule has 34 heavy (non-hydrogen) atoms. The van der Waals surface area contributed by atoms with Gasteiger partial charge in [-0.25, -0.2) is 17.5 Å². The number of hydrogen-bond donors (Lipinski definition) is 3. The number of halogens is 2. The Balaban J connectivity index is 1.91. The van der Waals surface area contributed by atoms with Gasteiger partial charge >= 0.3 is 0 Å². The van der Waals surface area contributed by atoms with Gasteiger partial charge in [-0.2, -0.15) is 0 Å². The lowest BCUT2D eigenvalue weighted by molar-refractivity contribution is 0.0955. The average molecular weight is 504 g/mol. The zero-order valence-corrected chi connectivity index (χ0v) is 20.1. The number of aromatic nitrogens is 2. The Labute approximate surface area is 202 Å². The highest BCUT2D eigenvalue weighted by Crippen LogP contribution is 2.32. The third-order valence-corrected chi connectivity index (χ3v) is 5.64. The molecule has 2 heterocycles. The second kappa shape index (κ2) is 10.7. The Morgan fingerprint density at radius 1 is 1.12 bits per heavy atom. The van der Waals surface area contributed by atoms with Gasteiger partial charge in [0.2, 0.25) is 10.0 Å². The number of sulfonamides is 1. The van der Waals surface area contributed by atoms with Gasteiger partial charge in [0.1, 0.15) is 5.82 Å². The minimum Gasteiger partial charge on any atom is -0.354 e. The fourth-order valence-corrected chi connectivity index (χ4v) is 3.72. The van der Waals surface area contributed by atoms with E-state index >= 15 is 0 Å². The van der Waals surface area contributed by atoms with Gasteiger partial charge in [0, 0.05) is 53.5 Å². The zero-order valence-electron chi connectivity index (χ0n) is 18.5. The van der Waals surface area contributed by atoms with E-state index in [1.165, 1.54) is 30.6 Å². The van der Waals surface area contributed by atoms with Crippen molar-refractivity contribution in [3.63, 3.8) is 0 Å². The van der Waals surface area contributed by atoms with Crippen LogP contribution >= 0.6 is 11.6 Å². The molecule has 0 unspecified atom stereocenters. The number of amides is 1. The van der Waals surface area contributed by atoms with E-state index in [0.717, 1.165) is 6.26 Å². The predicted octanol–water partition coefficient (Wildman–Crippen LogP) is 3.99. The number of carbonyl (C=O) groups is 1. The van der Waals surface area contributed by atoms with Gasteiger partial charge in [0.25, 0.3) is 5.91 Å². The largest absolute Gasteiger partial charge is 0.354 e. The van der Waals surface area contributed by atoms with E-state index in [0.29, 0.717) is 33.2 Å². The maximum Gasteiger partial charge on any atom is 0.255 e. The van der Waals surface area contributed by atoms with Crippen molar-refractivity contribution >= 4 is 44.5 Å². The summed E-state index contributed by atoms with van der Waals surface area (Å²) in [5.74, 6) is -0.921. The number of benzene rings is 1. The molecule has 1 amide bonds. The van der Waals surface area contributed by atoms with Crippen molar-refractivity contribution < 1.29 is 17.6 Å². The monoisotopic (exact) mass is 503 g/mol. The van der Waals surface area contributed by atoms with Crippen LogP contribution in [0.4, 0.5) is 15.8 Å². The second-order valence-electron chi connectivity index (χ2n) is 7.49. The number of allylic oxidation sites excluding steroid dienone is 1. The van der Waals surface area contributed by atoms with Crippen molar-refractivity contribution in [1.82, 2.24) is 20.0 Å². The van der Waals surface area contributed by atoms with Crippen molar-refractivity contribution in [2.24, 2.45) is 0 Å². The van der Waals surface area contributed by atoms with E-state index < -0.39 is 21.7 Å². The Bertz CT molecular complexity index is 1350. The number of pyridine rings is 2. The second-order valence-corrected chi connectivity index (χ2v) is 9.76. The third kappa shape index (κ3) is 6.60. The molecular weight excluding hydrogens is 481 g/mol. The minimum atomic E-state index is -3.36. The highest BCUT2D eigenvalue weighted by atomic mass is 35.5. The minimum absolute atomic E-state index is 0.0479. The van der Waals surface area contributed by atoms with E-state index in [-0.39, 0.29) is 24.2 Å². The topological polar surface area (TPSA) is 113 Å². The van der Waals surface area contributed by atoms with Crippen LogP contribution in [0.2, 0.25) is 5.02 Å². The van der Waals surface area contributed by atoms with Crippen LogP contribution in [0.25, 0.3) is 16.8 Å². The molecule has 0 spiro atoms. The summed E-state index contributed by atoms with van der Waals surface area (Å²) in [4.78, 5) is 21.1. The molecule has 0 aliphatic heterocycles. The molecule has 0 atom stereocenters. The van der Waals surface area contributed by atoms with Crippen LogP contribution in [-0.2, 0) is 10.0 Å². The molecule has 2 aromatic heterocycles. The third-order valence-electron chi connectivity index (χ3n) is 4.68. The summed E-state index contributed by atoms with van der Waals surface area (Å²) < 4.78 is 39.1. The maximum absolute atomic E-state index is 14.4. The Morgan fingerprint density at radius 2 is 1.88 bits per heavy atom. The van der Waals surface area contributed by atoms with Crippen molar-refractivity contribution in [2.45, 2.75) is 6.92 Å². The molecule has 0 fully saturated rings. The fraction of sp³-hybridized carbons (Fsp3) is 0.174. The van der Waals surface area contributed by atoms with Crippen LogP contribution in [-0.4, -0.2) is 43.6 Å². The molecule has 3 aromatic rings. The molecule has 0 radical (unpaired) electrons. The number of nitrogens with one attached hydrogen (secondary N) is 3. The SMILES string of the molecule is C=C(C)c1cnc(-c2cc(Cl)ccc2F)cc1Nc1ccncc1C(=O)NCCNS(C)(=O)=O. The van der Waals surface area contributed by atoms with E-state index in [4.69, 9.17) is 11.6 Å². The van der Waals surface area contributed by atoms with Crippen LogP contribution in [0.1, 0.15) is 22.8 Å². The molecule has 8 nitrogen and oxygen atoms in total. The first-order valence-electron chi connectivity index (χ1n) is 10.1. The first-order valence-corrected chi connectivity index (χ1v) is 12.4. The summed E-state index contributed by atoms with van der Waals surface area (Å²) in [5, 5.41) is 6.21. The Morgan fingerprint density at radius 3 is 2.59 bits per heavy atom. The lowest BCUT2D eigenvalue weighted by Crippen LogP contribution is -2.34. The molecule has 11 heteroatoms. The molecule has 0 aliphatic rings. The zero-order chi connectivity index (χ0) is 24.9. The van der Waals surface area contributed by atoms with Crippen molar-refractivity contribution in [3.8, 4) is 11.3 Å². The lowest BCUT2D eigenvalue weighted by Gasteiger charge is -2.16. The Kier molecular flexibility index (Phi) is 7.98. The van der Waals surface area contributed by atoms with Crippen molar-refractivity contribution in [2.75, 3.05) is 24.7 Å². The summed E-state index contributed by atoms with van der Waals surface area (Å²) in [5.41, 5.74) is 3.19. The number of anilines is 2. The first kappa shape index (κ1) is 25.3. The smallest absolute Gasteiger partial charge is 0.255 e. The van der Waals surface area contributed by atoms with Gasteiger partial charge in [-0.3, -0.25) is 14.8 Å². The van der Waals surface area contributed by atoms with Crippen molar-refractivity contribution in [1.29, 1.82) is 0 Å². The molecule has 178 valence electrons. The number of rotatable bonds is 9. The molecule has 0 aliphatic carbocycles. The summed E-state index contributed by atoms with van der Waals surface area (Å²) in [6.07, 6.45) is 5.51. The number of hydrogen-bond acceptors (Lipinski definition) is 6. The van der Waals surface area contributed by atoms with Crippen LogP contribution in [0.3, 0.4) is 0 Å². The molecule has 3 rings (SSSR count). The fourth-order valence-electron chi connectivity index (χ4n) is 3.08. The molecular formula is C23H23ClFN5O3S. The normalized spacial score (nSPS) is 11.2. The van der Waals surface area contributed by atoms with Gasteiger partial charge in [0.15, 0.2) is 0 Å². The molecule has 0 bridgehead atoms. The first-order chi connectivity index (χ1) is 16.0. The summed E-state index contributed by atoms with van der Waals surface area (Å²) in [7, 11) is -3.36. The maximum atomic E-state index is 14.4. The van der Waals surface area contributed by atoms with E-state index in [1.807, 2.05) is 0 Å². The van der Waals surface area contributed by atoms with Gasteiger partial charge in [0.05, 0.1) is 23.2 Å². The van der Waals surface area contributed by atoms with Crippen LogP contribution in [0.5, 0.6) is 0 Å². The standard InChI is InChI=1S/C23H23ClFN5O3S/c1-14(2)17-13-28-21(16-10-15(24)4-5-19(16)25)11-22(17)30-20-6-7-26-12-18(20)23(31)27-8-9-29-34(3,32)33/h4-7,10-13,29H,1,8-9H2,2-3H3,(H,27,31)(H,26,28,30). The number of nitrogens with zero attached hydrogens (tertiary/aromatic N) is 2. The van der Waals surface area contributed by atoms with Gasteiger partial charge < -0.3 is 10.6 Å². The average Bonchev–Trinajstić information content (AvgIpc) is 2.77. The summed E-state index contributed by atoms with van der Waals surface area (Å²) in [6.45, 7) is 5.90. The molecule has 0 saturated heterocycles. The lowest BCUT2D eigenvalue weighted by atomic mass is 10.0. The van der Waals surface area contributed by atoms with Gasteiger partial charge in [-0.1, -0.05) is 18.2 Å². The summed E-state index contributed by atoms with van der Waals surface area (Å²) >= 11 is 6.04. The van der Waals surface area contributed by atoms with Crippen LogP contribution in [0, 0.1) is 5.82 Å². The van der Waals surface area contributed by atoms with E-state index in [9.17, 15) is 17.6 Å². The summed E-state index contributed by atoms with van der Waals surface area (Å²) in [6, 6.07) is 7.47. The highest BCUT2D eigenvalue weighted by Gasteiger charge is 2.16. The van der Waals surface area contributed by atoms with Gasteiger partial charge in [-0.15, -0.1) is 0 Å². The van der Waals surface area contributed by atoms with E-state index in [2.05, 4.69) is 31.9 Å². The van der Waals surface area contributed by atoms with E-state index in [1.54, 1.807) is 25.3 Å². The van der Waals surface area contributed by atoms with Crippen LogP contribution in [0.15, 0.2) is 55.5 Å². The quantitative estimate of drug-likeness (QED) is 0.380. The molecule has 0 saturated carbocycles. The van der Waals surface area contributed by atoms with Gasteiger partial charge in [-0.05, 0) is 42.8 Å². The highest BCUT2D eigenvalue weighted by molar-refractivity contribution is 7.88. The Hall–Kier alpha value is -3.34. The molecule has 3 N–H and O–H groups in total. The molecule has 1 aromatic carbocycles. The van der Waals surface area contributed by atoms with Crippen molar-refractivity contribution in [3.05, 3.63) is 77.5 Å². The predicted molar refractivity (Wildman–Crippen MR) is 132 cm³/mol. The van der Waals surface area contributed by atoms with Crippen LogP contribution < -0.4 is 15.4 Å².